The Bertz CT molecular complexity index is 614. The van der Waals surface area contributed by atoms with Crippen molar-refractivity contribution in [2.75, 3.05) is 6.54 Å². The fourth-order valence-corrected chi connectivity index (χ4v) is 2.58. The third-order valence-electron chi connectivity index (χ3n) is 2.35. The van der Waals surface area contributed by atoms with Gasteiger partial charge in [-0.1, -0.05) is 12.1 Å². The van der Waals surface area contributed by atoms with Crippen LogP contribution in [0.1, 0.15) is 6.42 Å². The number of carboxylic acids is 1. The Labute approximate surface area is 114 Å². The number of nitrogens with one attached hydrogen (secondary N) is 1. The van der Waals surface area contributed by atoms with Crippen LogP contribution in [-0.4, -0.2) is 42.2 Å². The molecule has 0 fully saturated rings. The molecule has 0 aliphatic heterocycles. The second-order valence-electron chi connectivity index (χ2n) is 3.77. The lowest BCUT2D eigenvalue weighted by molar-refractivity contribution is -0.387. The van der Waals surface area contributed by atoms with Crippen molar-refractivity contribution in [3.8, 4) is 0 Å². The van der Waals surface area contributed by atoms with Crippen LogP contribution in [0.5, 0.6) is 0 Å². The van der Waals surface area contributed by atoms with Gasteiger partial charge in [-0.2, -0.15) is 0 Å². The molecule has 0 aliphatic carbocycles. The highest BCUT2D eigenvalue weighted by Crippen LogP contribution is 2.22. The van der Waals surface area contributed by atoms with E-state index in [4.69, 9.17) is 10.2 Å². The van der Waals surface area contributed by atoms with E-state index in [0.29, 0.717) is 0 Å². The van der Waals surface area contributed by atoms with E-state index in [9.17, 15) is 23.3 Å². The molecule has 20 heavy (non-hydrogen) atoms. The Morgan fingerprint density at radius 2 is 2.00 bits per heavy atom. The van der Waals surface area contributed by atoms with Gasteiger partial charge in [0.25, 0.3) is 5.69 Å². The Hall–Kier alpha value is -2.04. The number of aliphatic hydroxyl groups is 1. The fourth-order valence-electron chi connectivity index (χ4n) is 1.37. The number of para-hydroxylation sites is 1. The molecule has 0 spiro atoms. The number of aliphatic carboxylic acids is 1. The number of rotatable bonds is 7. The molecule has 0 aromatic heterocycles. The molecule has 1 atom stereocenters. The molecule has 3 N–H and O–H groups in total. The van der Waals surface area contributed by atoms with Crippen molar-refractivity contribution >= 4 is 21.7 Å². The van der Waals surface area contributed by atoms with Gasteiger partial charge in [-0.15, -0.1) is 0 Å². The molecule has 1 aromatic rings. The number of nitro groups is 1. The summed E-state index contributed by atoms with van der Waals surface area (Å²) in [5, 5.41) is 28.2. The summed E-state index contributed by atoms with van der Waals surface area (Å²) < 4.78 is 25.7. The largest absolute Gasteiger partial charge is 0.479 e. The van der Waals surface area contributed by atoms with Crippen LogP contribution in [0.4, 0.5) is 5.69 Å². The van der Waals surface area contributed by atoms with Gasteiger partial charge in [0.2, 0.25) is 10.0 Å². The minimum Gasteiger partial charge on any atom is -0.479 e. The molecule has 0 amide bonds. The number of sulfonamides is 1. The summed E-state index contributed by atoms with van der Waals surface area (Å²) in [6, 6.07) is 4.76. The van der Waals surface area contributed by atoms with Crippen molar-refractivity contribution < 1.29 is 28.3 Å². The first-order valence-corrected chi connectivity index (χ1v) is 6.88. The second kappa shape index (κ2) is 6.41. The van der Waals surface area contributed by atoms with Crippen molar-refractivity contribution in [1.82, 2.24) is 4.72 Å². The number of carboxylic acid groups (broad SMARTS) is 1. The summed E-state index contributed by atoms with van der Waals surface area (Å²) in [6.45, 7) is -0.359. The van der Waals surface area contributed by atoms with Gasteiger partial charge >= 0.3 is 5.97 Å². The van der Waals surface area contributed by atoms with Gasteiger partial charge in [-0.25, -0.2) is 17.9 Å². The lowest BCUT2D eigenvalue weighted by Crippen LogP contribution is -2.30. The van der Waals surface area contributed by atoms with Gasteiger partial charge in [0, 0.05) is 12.6 Å². The van der Waals surface area contributed by atoms with E-state index >= 15 is 0 Å². The first-order chi connectivity index (χ1) is 9.25. The fraction of sp³-hybridized carbons (Fsp3) is 0.300. The Morgan fingerprint density at radius 1 is 1.40 bits per heavy atom. The summed E-state index contributed by atoms with van der Waals surface area (Å²) in [4.78, 5) is 19.7. The molecule has 0 heterocycles. The number of nitrogens with zero attached hydrogens (tertiary/aromatic N) is 1. The quantitative estimate of drug-likeness (QED) is 0.463. The van der Waals surface area contributed by atoms with Crippen LogP contribution in [0.3, 0.4) is 0 Å². The molecule has 1 rings (SSSR count). The summed E-state index contributed by atoms with van der Waals surface area (Å²) in [5.74, 6) is -1.48. The maximum absolute atomic E-state index is 11.9. The van der Waals surface area contributed by atoms with E-state index in [0.717, 1.165) is 12.1 Å². The van der Waals surface area contributed by atoms with Gasteiger partial charge in [0.15, 0.2) is 11.0 Å². The molecule has 1 unspecified atom stereocenters. The van der Waals surface area contributed by atoms with E-state index in [1.807, 2.05) is 4.72 Å². The van der Waals surface area contributed by atoms with Crippen LogP contribution in [0.15, 0.2) is 29.2 Å². The zero-order chi connectivity index (χ0) is 15.3. The smallest absolute Gasteiger partial charge is 0.332 e. The summed E-state index contributed by atoms with van der Waals surface area (Å²) >= 11 is 0. The van der Waals surface area contributed by atoms with Crippen LogP contribution in [0.2, 0.25) is 0 Å². The predicted molar refractivity (Wildman–Crippen MR) is 66.5 cm³/mol. The lowest BCUT2D eigenvalue weighted by Gasteiger charge is -2.08. The molecule has 0 saturated carbocycles. The zero-order valence-electron chi connectivity index (χ0n) is 10.1. The van der Waals surface area contributed by atoms with E-state index < -0.39 is 37.6 Å². The van der Waals surface area contributed by atoms with Crippen LogP contribution in [-0.2, 0) is 14.8 Å². The third-order valence-corrected chi connectivity index (χ3v) is 3.85. The Kier molecular flexibility index (Phi) is 5.13. The molecule has 10 heteroatoms. The van der Waals surface area contributed by atoms with Gasteiger partial charge in [0.05, 0.1) is 4.92 Å². The number of nitro benzene ring substituents is 1. The maximum Gasteiger partial charge on any atom is 0.332 e. The molecule has 0 aliphatic rings. The number of aliphatic hydroxyl groups excluding tert-OH is 1. The number of carbonyl (C=O) groups is 1. The van der Waals surface area contributed by atoms with Crippen molar-refractivity contribution in [2.45, 2.75) is 17.4 Å². The minimum atomic E-state index is -4.15. The van der Waals surface area contributed by atoms with Gasteiger partial charge in [-0.3, -0.25) is 10.1 Å². The standard InChI is InChI=1S/C10H12N2O7S/c13-8(10(14)15)5-6-11-20(18,19)9-4-2-1-3-7(9)12(16)17/h1-4,8,11,13H,5-6H2,(H,14,15). The number of hydrogen-bond acceptors (Lipinski definition) is 6. The van der Waals surface area contributed by atoms with Crippen molar-refractivity contribution in [2.24, 2.45) is 0 Å². The highest BCUT2D eigenvalue weighted by atomic mass is 32.2. The average molecular weight is 304 g/mol. The maximum atomic E-state index is 11.9. The number of hydrogen-bond donors (Lipinski definition) is 3. The zero-order valence-corrected chi connectivity index (χ0v) is 10.9. The predicted octanol–water partition coefficient (Wildman–Crippen LogP) is -0.291. The monoisotopic (exact) mass is 304 g/mol. The topological polar surface area (TPSA) is 147 Å². The summed E-state index contributed by atoms with van der Waals surface area (Å²) in [7, 11) is -4.15. The van der Waals surface area contributed by atoms with Crippen LogP contribution >= 0.6 is 0 Å². The molecular weight excluding hydrogens is 292 g/mol. The molecular formula is C10H12N2O7S. The minimum absolute atomic E-state index is 0.352. The molecule has 9 nitrogen and oxygen atoms in total. The third kappa shape index (κ3) is 3.98. The second-order valence-corrected chi connectivity index (χ2v) is 5.50. The van der Waals surface area contributed by atoms with Gasteiger partial charge in [-0.05, 0) is 12.5 Å². The molecule has 1 aromatic carbocycles. The van der Waals surface area contributed by atoms with Crippen molar-refractivity contribution in [1.29, 1.82) is 0 Å². The van der Waals surface area contributed by atoms with Crippen LogP contribution in [0, 0.1) is 10.1 Å². The SMILES string of the molecule is O=C(O)C(O)CCNS(=O)(=O)c1ccccc1[N+](=O)[O-]. The van der Waals surface area contributed by atoms with E-state index in [1.165, 1.54) is 12.1 Å². The van der Waals surface area contributed by atoms with E-state index in [-0.39, 0.29) is 13.0 Å². The highest BCUT2D eigenvalue weighted by Gasteiger charge is 2.25. The molecule has 0 saturated heterocycles. The molecule has 0 radical (unpaired) electrons. The van der Waals surface area contributed by atoms with Crippen molar-refractivity contribution in [3.63, 3.8) is 0 Å². The normalized spacial score (nSPS) is 12.8. The van der Waals surface area contributed by atoms with Gasteiger partial charge in [0.1, 0.15) is 0 Å². The first kappa shape index (κ1) is 16.0. The average Bonchev–Trinajstić information content (AvgIpc) is 2.38. The molecule has 0 bridgehead atoms. The van der Waals surface area contributed by atoms with Crippen LogP contribution < -0.4 is 4.72 Å². The lowest BCUT2D eigenvalue weighted by atomic mass is 10.3. The van der Waals surface area contributed by atoms with E-state index in [2.05, 4.69) is 0 Å². The number of benzene rings is 1. The van der Waals surface area contributed by atoms with Gasteiger partial charge < -0.3 is 10.2 Å². The Balaban J connectivity index is 2.85. The first-order valence-electron chi connectivity index (χ1n) is 5.39. The summed E-state index contributed by atoms with van der Waals surface area (Å²) in [6.07, 6.45) is -2.06. The summed E-state index contributed by atoms with van der Waals surface area (Å²) in [5.41, 5.74) is -0.584. The van der Waals surface area contributed by atoms with E-state index in [1.54, 1.807) is 0 Å². The molecule has 110 valence electrons. The van der Waals surface area contributed by atoms with Crippen molar-refractivity contribution in [3.05, 3.63) is 34.4 Å². The van der Waals surface area contributed by atoms with Crippen LogP contribution in [0.25, 0.3) is 0 Å². The highest BCUT2D eigenvalue weighted by molar-refractivity contribution is 7.89. The Morgan fingerprint density at radius 3 is 2.55 bits per heavy atom.